The number of benzene rings is 2. The van der Waals surface area contributed by atoms with Gasteiger partial charge in [0.2, 0.25) is 0 Å². The van der Waals surface area contributed by atoms with E-state index in [1.54, 1.807) is 0 Å². The van der Waals surface area contributed by atoms with Crippen molar-refractivity contribution in [3.63, 3.8) is 0 Å². The fourth-order valence-electron chi connectivity index (χ4n) is 4.27. The summed E-state index contributed by atoms with van der Waals surface area (Å²) in [7, 11) is 0. The van der Waals surface area contributed by atoms with Crippen LogP contribution in [0.1, 0.15) is 22.4 Å². The smallest absolute Gasteiger partial charge is 0.254 e. The molecule has 2 aromatic heterocycles. The van der Waals surface area contributed by atoms with Crippen LogP contribution in [0.25, 0.3) is 17.2 Å². The Kier molecular flexibility index (Phi) is 4.85. The highest BCUT2D eigenvalue weighted by Crippen LogP contribution is 2.26. The second-order valence-electron chi connectivity index (χ2n) is 8.46. The first kappa shape index (κ1) is 19.5. The van der Waals surface area contributed by atoms with E-state index in [0.29, 0.717) is 11.6 Å². The molecule has 0 N–H and O–H groups in total. The van der Waals surface area contributed by atoms with Gasteiger partial charge in [-0.15, -0.1) is 5.10 Å². The molecule has 0 amide bonds. The van der Waals surface area contributed by atoms with Crippen LogP contribution in [0.15, 0.2) is 48.5 Å². The molecule has 2 aromatic carbocycles. The predicted molar refractivity (Wildman–Crippen MR) is 126 cm³/mol. The average molecular weight is 413 g/mol. The van der Waals surface area contributed by atoms with Crippen LogP contribution in [-0.2, 0) is 0 Å². The van der Waals surface area contributed by atoms with Crippen LogP contribution >= 0.6 is 0 Å². The SMILES string of the molecule is Cc1ccc(-c2nc3nc(C)cc(N4CCN(c5cccc(C)c5C)CC4)n3n2)cc1. The normalized spacial score (nSPS) is 14.5. The summed E-state index contributed by atoms with van der Waals surface area (Å²) in [5.41, 5.74) is 7.26. The zero-order valence-corrected chi connectivity index (χ0v) is 18.6. The van der Waals surface area contributed by atoms with Gasteiger partial charge in [-0.1, -0.05) is 42.0 Å². The van der Waals surface area contributed by atoms with Crippen LogP contribution in [0.4, 0.5) is 11.5 Å². The molecule has 6 heteroatoms. The van der Waals surface area contributed by atoms with E-state index in [1.807, 2.05) is 11.4 Å². The van der Waals surface area contributed by atoms with Crippen molar-refractivity contribution in [1.82, 2.24) is 19.6 Å². The summed E-state index contributed by atoms with van der Waals surface area (Å²) in [6.45, 7) is 12.3. The van der Waals surface area contributed by atoms with E-state index in [-0.39, 0.29) is 0 Å². The molecule has 0 spiro atoms. The maximum absolute atomic E-state index is 4.82. The lowest BCUT2D eigenvalue weighted by atomic mass is 10.1. The molecular weight excluding hydrogens is 384 g/mol. The molecule has 1 fully saturated rings. The van der Waals surface area contributed by atoms with E-state index in [0.717, 1.165) is 43.3 Å². The third-order valence-electron chi connectivity index (χ3n) is 6.25. The molecule has 0 bridgehead atoms. The first-order valence-corrected chi connectivity index (χ1v) is 10.9. The molecule has 158 valence electrons. The monoisotopic (exact) mass is 412 g/mol. The maximum Gasteiger partial charge on any atom is 0.254 e. The van der Waals surface area contributed by atoms with Crippen LogP contribution in [0.3, 0.4) is 0 Å². The second kappa shape index (κ2) is 7.69. The van der Waals surface area contributed by atoms with E-state index < -0.39 is 0 Å². The summed E-state index contributed by atoms with van der Waals surface area (Å²) in [5, 5.41) is 4.82. The molecule has 3 heterocycles. The number of hydrogen-bond acceptors (Lipinski definition) is 5. The van der Waals surface area contributed by atoms with E-state index in [2.05, 4.69) is 84.1 Å². The Morgan fingerprint density at radius 1 is 0.774 bits per heavy atom. The summed E-state index contributed by atoms with van der Waals surface area (Å²) >= 11 is 0. The minimum absolute atomic E-state index is 0.655. The molecule has 5 rings (SSSR count). The fraction of sp³-hybridized carbons (Fsp3) is 0.320. The standard InChI is InChI=1S/C25H28N6/c1-17-8-10-21(11-9-17)24-27-25-26-19(3)16-23(31(25)28-24)30-14-12-29(13-15-30)22-7-5-6-18(2)20(22)4/h5-11,16H,12-15H2,1-4H3. The lowest BCUT2D eigenvalue weighted by Crippen LogP contribution is -2.47. The van der Waals surface area contributed by atoms with E-state index >= 15 is 0 Å². The van der Waals surface area contributed by atoms with Gasteiger partial charge in [0, 0.05) is 49.2 Å². The van der Waals surface area contributed by atoms with Crippen molar-refractivity contribution in [2.24, 2.45) is 0 Å². The van der Waals surface area contributed by atoms with Gasteiger partial charge in [0.25, 0.3) is 5.78 Å². The number of piperazine rings is 1. The van der Waals surface area contributed by atoms with Gasteiger partial charge in [-0.25, -0.2) is 4.98 Å². The van der Waals surface area contributed by atoms with Crippen molar-refractivity contribution in [3.8, 4) is 11.4 Å². The van der Waals surface area contributed by atoms with Gasteiger partial charge >= 0.3 is 0 Å². The molecule has 0 aliphatic carbocycles. The van der Waals surface area contributed by atoms with Gasteiger partial charge in [-0.2, -0.15) is 9.50 Å². The predicted octanol–water partition coefficient (Wildman–Crippen LogP) is 4.35. The number of aryl methyl sites for hydroxylation is 3. The summed E-state index contributed by atoms with van der Waals surface area (Å²) in [5.74, 6) is 2.44. The number of hydrogen-bond donors (Lipinski definition) is 0. The van der Waals surface area contributed by atoms with Gasteiger partial charge in [0.15, 0.2) is 5.82 Å². The van der Waals surface area contributed by atoms with E-state index in [9.17, 15) is 0 Å². The second-order valence-corrected chi connectivity index (χ2v) is 8.46. The molecule has 31 heavy (non-hydrogen) atoms. The number of rotatable bonds is 3. The number of nitrogens with zero attached hydrogens (tertiary/aromatic N) is 6. The van der Waals surface area contributed by atoms with E-state index in [4.69, 9.17) is 10.1 Å². The minimum Gasteiger partial charge on any atom is -0.368 e. The highest BCUT2D eigenvalue weighted by Gasteiger charge is 2.22. The Bertz CT molecular complexity index is 1230. The molecule has 4 aromatic rings. The summed E-state index contributed by atoms with van der Waals surface area (Å²) < 4.78 is 1.90. The van der Waals surface area contributed by atoms with Gasteiger partial charge in [-0.3, -0.25) is 0 Å². The summed E-state index contributed by atoms with van der Waals surface area (Å²) in [6.07, 6.45) is 0. The van der Waals surface area contributed by atoms with Crippen LogP contribution in [0.2, 0.25) is 0 Å². The van der Waals surface area contributed by atoms with Gasteiger partial charge in [-0.05, 0) is 44.9 Å². The lowest BCUT2D eigenvalue weighted by Gasteiger charge is -2.38. The van der Waals surface area contributed by atoms with E-state index in [1.165, 1.54) is 22.4 Å². The lowest BCUT2D eigenvalue weighted by molar-refractivity contribution is 0.637. The Morgan fingerprint density at radius 3 is 2.23 bits per heavy atom. The van der Waals surface area contributed by atoms with Gasteiger partial charge in [0.1, 0.15) is 5.82 Å². The van der Waals surface area contributed by atoms with Crippen molar-refractivity contribution in [2.75, 3.05) is 36.0 Å². The first-order valence-electron chi connectivity index (χ1n) is 10.9. The largest absolute Gasteiger partial charge is 0.368 e. The number of aromatic nitrogens is 4. The molecule has 0 radical (unpaired) electrons. The molecule has 0 saturated carbocycles. The third-order valence-corrected chi connectivity index (χ3v) is 6.25. The Hall–Kier alpha value is -3.41. The minimum atomic E-state index is 0.655. The topological polar surface area (TPSA) is 49.6 Å². The first-order chi connectivity index (χ1) is 15.0. The number of anilines is 2. The zero-order valence-electron chi connectivity index (χ0n) is 18.6. The van der Waals surface area contributed by atoms with Crippen LogP contribution in [0.5, 0.6) is 0 Å². The molecule has 1 aliphatic rings. The average Bonchev–Trinajstić information content (AvgIpc) is 3.19. The molecule has 1 saturated heterocycles. The van der Waals surface area contributed by atoms with Crippen molar-refractivity contribution >= 4 is 17.3 Å². The number of fused-ring (bicyclic) bond motifs is 1. The zero-order chi connectivity index (χ0) is 21.5. The Balaban J connectivity index is 1.44. The van der Waals surface area contributed by atoms with Gasteiger partial charge < -0.3 is 9.80 Å². The highest BCUT2D eigenvalue weighted by molar-refractivity contribution is 5.60. The van der Waals surface area contributed by atoms with Crippen molar-refractivity contribution < 1.29 is 0 Å². The molecule has 0 unspecified atom stereocenters. The van der Waals surface area contributed by atoms with Crippen molar-refractivity contribution in [3.05, 3.63) is 70.9 Å². The highest BCUT2D eigenvalue weighted by atomic mass is 15.4. The van der Waals surface area contributed by atoms with Crippen LogP contribution in [-0.4, -0.2) is 45.8 Å². The Morgan fingerprint density at radius 2 is 1.48 bits per heavy atom. The Labute approximate surface area is 183 Å². The maximum atomic E-state index is 4.82. The molecule has 1 aliphatic heterocycles. The van der Waals surface area contributed by atoms with Crippen LogP contribution in [0, 0.1) is 27.7 Å². The quantitative estimate of drug-likeness (QED) is 0.501. The molecular formula is C25H28N6. The molecule has 0 atom stereocenters. The van der Waals surface area contributed by atoms with Crippen molar-refractivity contribution in [1.29, 1.82) is 0 Å². The molecule has 6 nitrogen and oxygen atoms in total. The summed E-state index contributed by atoms with van der Waals surface area (Å²) in [4.78, 5) is 14.2. The van der Waals surface area contributed by atoms with Crippen molar-refractivity contribution in [2.45, 2.75) is 27.7 Å². The van der Waals surface area contributed by atoms with Gasteiger partial charge in [0.05, 0.1) is 0 Å². The summed E-state index contributed by atoms with van der Waals surface area (Å²) in [6, 6.07) is 17.0. The van der Waals surface area contributed by atoms with Crippen LogP contribution < -0.4 is 9.80 Å². The third kappa shape index (κ3) is 3.63. The fourth-order valence-corrected chi connectivity index (χ4v) is 4.27.